The molecule has 21 heavy (non-hydrogen) atoms. The van der Waals surface area contributed by atoms with Crippen LogP contribution in [0.1, 0.15) is 24.2 Å². The van der Waals surface area contributed by atoms with E-state index in [0.717, 1.165) is 4.90 Å². The van der Waals surface area contributed by atoms with E-state index >= 15 is 0 Å². The van der Waals surface area contributed by atoms with E-state index in [0.29, 0.717) is 17.0 Å². The average molecular weight is 307 g/mol. The van der Waals surface area contributed by atoms with Crippen molar-refractivity contribution in [2.24, 2.45) is 0 Å². The molecule has 0 radical (unpaired) electrons. The molecule has 1 aromatic rings. The zero-order valence-electron chi connectivity index (χ0n) is 11.9. The summed E-state index contributed by atoms with van der Waals surface area (Å²) in [5.41, 5.74) is 1.05. The lowest BCUT2D eigenvalue weighted by molar-refractivity contribution is -0.120. The molecule has 0 fully saturated rings. The van der Waals surface area contributed by atoms with Gasteiger partial charge in [-0.3, -0.25) is 14.4 Å². The molecule has 0 bridgehead atoms. The Morgan fingerprint density at radius 3 is 2.86 bits per heavy atom. The number of amides is 3. The molecule has 0 atom stereocenters. The van der Waals surface area contributed by atoms with Crippen LogP contribution < -0.4 is 16.0 Å². The van der Waals surface area contributed by atoms with Crippen molar-refractivity contribution in [3.8, 4) is 0 Å². The molecule has 2 rings (SSSR count). The lowest BCUT2D eigenvalue weighted by atomic mass is 10.2. The van der Waals surface area contributed by atoms with Gasteiger partial charge in [0.25, 0.3) is 5.91 Å². The van der Waals surface area contributed by atoms with Crippen molar-refractivity contribution in [1.29, 1.82) is 0 Å². The SMILES string of the molecule is CC(C)NC(=O)CNC(=O)c1ccc2c(c1)NC(=O)CS2. The van der Waals surface area contributed by atoms with Crippen LogP contribution in [0.15, 0.2) is 23.1 Å². The number of rotatable bonds is 4. The first-order chi connectivity index (χ1) is 9.95. The summed E-state index contributed by atoms with van der Waals surface area (Å²) < 4.78 is 0. The number of hydrogen-bond acceptors (Lipinski definition) is 4. The molecular weight excluding hydrogens is 290 g/mol. The summed E-state index contributed by atoms with van der Waals surface area (Å²) in [6.07, 6.45) is 0. The standard InChI is InChI=1S/C14H17N3O3S/c1-8(2)16-12(18)6-15-14(20)9-3-4-11-10(5-9)17-13(19)7-21-11/h3-5,8H,6-7H2,1-2H3,(H,15,20)(H,16,18)(H,17,19). The van der Waals surface area contributed by atoms with Crippen molar-refractivity contribution < 1.29 is 14.4 Å². The molecule has 1 aliphatic heterocycles. The van der Waals surface area contributed by atoms with Crippen molar-refractivity contribution in [3.63, 3.8) is 0 Å². The summed E-state index contributed by atoms with van der Waals surface area (Å²) >= 11 is 1.43. The molecule has 0 aliphatic carbocycles. The molecule has 3 amide bonds. The minimum atomic E-state index is -0.346. The smallest absolute Gasteiger partial charge is 0.251 e. The van der Waals surface area contributed by atoms with E-state index in [-0.39, 0.29) is 30.3 Å². The zero-order chi connectivity index (χ0) is 15.4. The predicted octanol–water partition coefficient (Wildman–Crippen LogP) is 0.985. The van der Waals surface area contributed by atoms with Gasteiger partial charge in [-0.15, -0.1) is 11.8 Å². The number of anilines is 1. The Kier molecular flexibility index (Phi) is 4.85. The topological polar surface area (TPSA) is 87.3 Å². The molecule has 7 heteroatoms. The van der Waals surface area contributed by atoms with E-state index in [1.165, 1.54) is 11.8 Å². The number of carbonyl (C=O) groups excluding carboxylic acids is 3. The molecule has 0 unspecified atom stereocenters. The van der Waals surface area contributed by atoms with Crippen LogP contribution in [0, 0.1) is 0 Å². The second-order valence-corrected chi connectivity index (χ2v) is 5.97. The molecule has 0 aromatic heterocycles. The van der Waals surface area contributed by atoms with Gasteiger partial charge in [-0.05, 0) is 32.0 Å². The van der Waals surface area contributed by atoms with Crippen LogP contribution in [0.4, 0.5) is 5.69 Å². The van der Waals surface area contributed by atoms with Crippen molar-refractivity contribution in [2.45, 2.75) is 24.8 Å². The largest absolute Gasteiger partial charge is 0.352 e. The number of hydrogen-bond donors (Lipinski definition) is 3. The van der Waals surface area contributed by atoms with Crippen LogP contribution in [0.5, 0.6) is 0 Å². The number of nitrogens with one attached hydrogen (secondary N) is 3. The summed E-state index contributed by atoms with van der Waals surface area (Å²) in [7, 11) is 0. The van der Waals surface area contributed by atoms with E-state index in [1.54, 1.807) is 18.2 Å². The van der Waals surface area contributed by atoms with Crippen LogP contribution in [0.2, 0.25) is 0 Å². The fourth-order valence-electron chi connectivity index (χ4n) is 1.86. The van der Waals surface area contributed by atoms with Crippen LogP contribution in [-0.4, -0.2) is 36.1 Å². The molecule has 112 valence electrons. The maximum atomic E-state index is 12.0. The first kappa shape index (κ1) is 15.4. The van der Waals surface area contributed by atoms with E-state index in [9.17, 15) is 14.4 Å². The first-order valence-corrected chi connectivity index (χ1v) is 7.58. The lowest BCUT2D eigenvalue weighted by Gasteiger charge is -2.17. The Morgan fingerprint density at radius 1 is 1.38 bits per heavy atom. The summed E-state index contributed by atoms with van der Waals surface area (Å²) in [6, 6.07) is 5.13. The molecule has 1 heterocycles. The minimum absolute atomic E-state index is 0.0328. The van der Waals surface area contributed by atoms with Gasteiger partial charge in [0.15, 0.2) is 0 Å². The zero-order valence-corrected chi connectivity index (χ0v) is 12.7. The van der Waals surface area contributed by atoms with Gasteiger partial charge in [0.1, 0.15) is 0 Å². The van der Waals surface area contributed by atoms with Crippen molar-refractivity contribution >= 4 is 35.2 Å². The van der Waals surface area contributed by atoms with Crippen molar-refractivity contribution in [1.82, 2.24) is 10.6 Å². The maximum Gasteiger partial charge on any atom is 0.251 e. The second kappa shape index (κ2) is 6.62. The second-order valence-electron chi connectivity index (χ2n) is 4.95. The van der Waals surface area contributed by atoms with Gasteiger partial charge in [-0.1, -0.05) is 0 Å². The number of carbonyl (C=O) groups is 3. The van der Waals surface area contributed by atoms with Crippen LogP contribution in [-0.2, 0) is 9.59 Å². The summed E-state index contributed by atoms with van der Waals surface area (Å²) in [6.45, 7) is 3.63. The maximum absolute atomic E-state index is 12.0. The molecule has 1 aromatic carbocycles. The van der Waals surface area contributed by atoms with Gasteiger partial charge >= 0.3 is 0 Å². The Labute approximate surface area is 127 Å². The normalized spacial score (nSPS) is 13.4. The molecule has 6 nitrogen and oxygen atoms in total. The highest BCUT2D eigenvalue weighted by molar-refractivity contribution is 8.00. The van der Waals surface area contributed by atoms with Gasteiger partial charge < -0.3 is 16.0 Å². The van der Waals surface area contributed by atoms with Gasteiger partial charge in [0.05, 0.1) is 18.0 Å². The fourth-order valence-corrected chi connectivity index (χ4v) is 2.65. The van der Waals surface area contributed by atoms with Crippen molar-refractivity contribution in [3.05, 3.63) is 23.8 Å². The van der Waals surface area contributed by atoms with Crippen LogP contribution >= 0.6 is 11.8 Å². The third-order valence-corrected chi connectivity index (χ3v) is 3.81. The monoisotopic (exact) mass is 307 g/mol. The number of thioether (sulfide) groups is 1. The van der Waals surface area contributed by atoms with E-state index in [4.69, 9.17) is 0 Å². The van der Waals surface area contributed by atoms with Gasteiger partial charge in [0.2, 0.25) is 11.8 Å². The quantitative estimate of drug-likeness (QED) is 0.774. The molecule has 0 saturated carbocycles. The Morgan fingerprint density at radius 2 is 2.14 bits per heavy atom. The molecule has 3 N–H and O–H groups in total. The van der Waals surface area contributed by atoms with Crippen LogP contribution in [0.25, 0.3) is 0 Å². The third-order valence-electron chi connectivity index (χ3n) is 2.73. The fraction of sp³-hybridized carbons (Fsp3) is 0.357. The Balaban J connectivity index is 1.98. The summed E-state index contributed by atoms with van der Waals surface area (Å²) in [5.74, 6) is -0.281. The number of benzene rings is 1. The van der Waals surface area contributed by atoms with E-state index < -0.39 is 0 Å². The molecule has 0 saturated heterocycles. The Bertz CT molecular complexity index is 587. The summed E-state index contributed by atoms with van der Waals surface area (Å²) in [5, 5.41) is 7.97. The highest BCUT2D eigenvalue weighted by Crippen LogP contribution is 2.31. The van der Waals surface area contributed by atoms with E-state index in [2.05, 4.69) is 16.0 Å². The Hall–Kier alpha value is -2.02. The van der Waals surface area contributed by atoms with Crippen LogP contribution in [0.3, 0.4) is 0 Å². The highest BCUT2D eigenvalue weighted by Gasteiger charge is 2.17. The highest BCUT2D eigenvalue weighted by atomic mass is 32.2. The van der Waals surface area contributed by atoms with E-state index in [1.807, 2.05) is 13.8 Å². The lowest BCUT2D eigenvalue weighted by Crippen LogP contribution is -2.39. The molecule has 1 aliphatic rings. The van der Waals surface area contributed by atoms with Gasteiger partial charge in [-0.2, -0.15) is 0 Å². The first-order valence-electron chi connectivity index (χ1n) is 6.60. The van der Waals surface area contributed by atoms with Gasteiger partial charge in [0, 0.05) is 16.5 Å². The minimum Gasteiger partial charge on any atom is -0.352 e. The third kappa shape index (κ3) is 4.22. The molecule has 0 spiro atoms. The average Bonchev–Trinajstić information content (AvgIpc) is 2.43. The number of fused-ring (bicyclic) bond motifs is 1. The molecular formula is C14H17N3O3S. The van der Waals surface area contributed by atoms with Gasteiger partial charge in [-0.25, -0.2) is 0 Å². The summed E-state index contributed by atoms with van der Waals surface area (Å²) in [4.78, 5) is 35.7. The predicted molar refractivity (Wildman–Crippen MR) is 81.4 cm³/mol. The van der Waals surface area contributed by atoms with Crippen molar-refractivity contribution in [2.75, 3.05) is 17.6 Å².